The van der Waals surface area contributed by atoms with Crippen LogP contribution in [-0.4, -0.2) is 18.2 Å². The highest BCUT2D eigenvalue weighted by molar-refractivity contribution is 7.86. The lowest BCUT2D eigenvalue weighted by atomic mass is 10.1. The highest BCUT2D eigenvalue weighted by Gasteiger charge is 2.43. The molecule has 2 aromatic rings. The molecule has 0 aromatic heterocycles. The second-order valence-corrected chi connectivity index (χ2v) is 5.52. The molecule has 0 saturated carbocycles. The van der Waals surface area contributed by atoms with Gasteiger partial charge in [-0.3, -0.25) is 4.55 Å². The number of halogens is 2. The van der Waals surface area contributed by atoms with Gasteiger partial charge in [0.1, 0.15) is 0 Å². The van der Waals surface area contributed by atoms with Crippen molar-refractivity contribution >= 4 is 20.9 Å². The van der Waals surface area contributed by atoms with Gasteiger partial charge in [0.25, 0.3) is 0 Å². The molecule has 0 aliphatic rings. The summed E-state index contributed by atoms with van der Waals surface area (Å²) in [5.41, 5.74) is 0.149. The molecule has 0 aliphatic heterocycles. The quantitative estimate of drug-likeness (QED) is 0.874. The van der Waals surface area contributed by atoms with Gasteiger partial charge in [-0.2, -0.15) is 17.2 Å². The monoisotopic (exact) mass is 272 g/mol. The number of alkyl halides is 2. The van der Waals surface area contributed by atoms with Crippen LogP contribution in [0.1, 0.15) is 5.56 Å². The molecule has 0 aliphatic carbocycles. The number of hydrogen-bond donors (Lipinski definition) is 1. The molecule has 0 fully saturated rings. The zero-order chi connectivity index (χ0) is 13.4. The molecule has 0 unspecified atom stereocenters. The summed E-state index contributed by atoms with van der Waals surface area (Å²) in [6.07, 6.45) is -1.04. The molecule has 6 heteroatoms. The predicted octanol–water partition coefficient (Wildman–Crippen LogP) is 2.86. The highest BCUT2D eigenvalue weighted by Crippen LogP contribution is 2.27. The molecule has 0 radical (unpaired) electrons. The summed E-state index contributed by atoms with van der Waals surface area (Å²) < 4.78 is 55.9. The Labute approximate surface area is 103 Å². The molecule has 1 N–H and O–H groups in total. The van der Waals surface area contributed by atoms with Gasteiger partial charge in [0.15, 0.2) is 0 Å². The van der Waals surface area contributed by atoms with Gasteiger partial charge in [-0.05, 0) is 16.3 Å². The number of fused-ring (bicyclic) bond motifs is 1. The van der Waals surface area contributed by atoms with E-state index in [9.17, 15) is 17.2 Å². The van der Waals surface area contributed by atoms with Gasteiger partial charge in [-0.15, -0.1) is 0 Å². The van der Waals surface area contributed by atoms with Crippen molar-refractivity contribution in [1.82, 2.24) is 0 Å². The Balaban J connectivity index is 2.39. The lowest BCUT2D eigenvalue weighted by Gasteiger charge is -2.13. The minimum Gasteiger partial charge on any atom is -0.281 e. The molecule has 0 spiro atoms. The Kier molecular flexibility index (Phi) is 3.08. The largest absolute Gasteiger partial charge is 0.373 e. The molecule has 0 atom stereocenters. The van der Waals surface area contributed by atoms with E-state index in [2.05, 4.69) is 0 Å². The molecular formula is C12H10F2O3S. The Morgan fingerprint density at radius 2 is 1.67 bits per heavy atom. The van der Waals surface area contributed by atoms with E-state index in [0.717, 1.165) is 10.8 Å². The Hall–Kier alpha value is -1.53. The minimum absolute atomic E-state index is 0.149. The van der Waals surface area contributed by atoms with Gasteiger partial charge in [-0.25, -0.2) is 0 Å². The van der Waals surface area contributed by atoms with E-state index in [4.69, 9.17) is 4.55 Å². The number of hydrogen-bond acceptors (Lipinski definition) is 2. The van der Waals surface area contributed by atoms with Gasteiger partial charge >= 0.3 is 15.4 Å². The lowest BCUT2D eigenvalue weighted by Crippen LogP contribution is -2.30. The second kappa shape index (κ2) is 4.29. The van der Waals surface area contributed by atoms with Crippen LogP contribution in [0.3, 0.4) is 0 Å². The molecule has 0 bridgehead atoms. The first-order valence-corrected chi connectivity index (χ1v) is 6.56. The molecule has 2 rings (SSSR count). The van der Waals surface area contributed by atoms with Crippen molar-refractivity contribution in [3.63, 3.8) is 0 Å². The van der Waals surface area contributed by atoms with E-state index in [0.29, 0.717) is 0 Å². The van der Waals surface area contributed by atoms with Crippen LogP contribution in [0.25, 0.3) is 10.8 Å². The fraction of sp³-hybridized carbons (Fsp3) is 0.167. The smallest absolute Gasteiger partial charge is 0.281 e. The summed E-state index contributed by atoms with van der Waals surface area (Å²) in [6.45, 7) is 0. The highest BCUT2D eigenvalue weighted by atomic mass is 32.2. The fourth-order valence-corrected chi connectivity index (χ4v) is 2.03. The summed E-state index contributed by atoms with van der Waals surface area (Å²) in [7, 11) is -5.39. The third kappa shape index (κ3) is 2.49. The fourth-order valence-electron chi connectivity index (χ4n) is 1.68. The van der Waals surface area contributed by atoms with Crippen LogP contribution < -0.4 is 0 Å². The molecule has 18 heavy (non-hydrogen) atoms. The van der Waals surface area contributed by atoms with Gasteiger partial charge in [0.2, 0.25) is 0 Å². The van der Waals surface area contributed by atoms with Gasteiger partial charge < -0.3 is 0 Å². The summed E-state index contributed by atoms with van der Waals surface area (Å²) in [6, 6.07) is 11.7. The normalized spacial score (nSPS) is 12.8. The van der Waals surface area contributed by atoms with E-state index in [1.807, 2.05) is 12.1 Å². The van der Waals surface area contributed by atoms with E-state index in [1.54, 1.807) is 18.2 Å². The molecule has 0 saturated heterocycles. The minimum atomic E-state index is -5.39. The van der Waals surface area contributed by atoms with Crippen LogP contribution in [0.5, 0.6) is 0 Å². The third-order valence-electron chi connectivity index (χ3n) is 2.60. The van der Waals surface area contributed by atoms with Crippen molar-refractivity contribution in [2.45, 2.75) is 11.7 Å². The molecule has 0 heterocycles. The summed E-state index contributed by atoms with van der Waals surface area (Å²) in [5, 5.41) is -2.56. The lowest BCUT2D eigenvalue weighted by molar-refractivity contribution is 0.0813. The first kappa shape index (κ1) is 12.9. The van der Waals surface area contributed by atoms with Crippen LogP contribution in [0.4, 0.5) is 8.78 Å². The molecular weight excluding hydrogens is 262 g/mol. The Morgan fingerprint density at radius 1 is 1.06 bits per heavy atom. The van der Waals surface area contributed by atoms with Gasteiger partial charge in [-0.1, -0.05) is 42.5 Å². The number of benzene rings is 2. The first-order chi connectivity index (χ1) is 8.29. The van der Waals surface area contributed by atoms with E-state index < -0.39 is 21.8 Å². The predicted molar refractivity (Wildman–Crippen MR) is 64.1 cm³/mol. The maximum absolute atomic E-state index is 13.2. The standard InChI is InChI=1S/C12H10F2O3S/c13-12(14,18(15,16)17)8-9-5-6-10-3-1-2-4-11(10)7-9/h1-7H,8H2,(H,15,16,17). The van der Waals surface area contributed by atoms with Crippen molar-refractivity contribution in [2.24, 2.45) is 0 Å². The van der Waals surface area contributed by atoms with E-state index >= 15 is 0 Å². The zero-order valence-electron chi connectivity index (χ0n) is 9.18. The summed E-state index contributed by atoms with van der Waals surface area (Å²) >= 11 is 0. The van der Waals surface area contributed by atoms with Crippen molar-refractivity contribution < 1.29 is 21.8 Å². The average molecular weight is 272 g/mol. The van der Waals surface area contributed by atoms with Gasteiger partial charge in [0, 0.05) is 0 Å². The zero-order valence-corrected chi connectivity index (χ0v) is 9.99. The van der Waals surface area contributed by atoms with Crippen LogP contribution in [-0.2, 0) is 16.5 Å². The SMILES string of the molecule is O=S(=O)(O)C(F)(F)Cc1ccc2ccccc2c1. The van der Waals surface area contributed by atoms with Crippen LogP contribution in [0, 0.1) is 0 Å². The van der Waals surface area contributed by atoms with Crippen molar-refractivity contribution in [1.29, 1.82) is 0 Å². The van der Waals surface area contributed by atoms with E-state index in [-0.39, 0.29) is 5.56 Å². The third-order valence-corrected chi connectivity index (χ3v) is 3.50. The topological polar surface area (TPSA) is 54.4 Å². The summed E-state index contributed by atoms with van der Waals surface area (Å²) in [4.78, 5) is 0. The maximum atomic E-state index is 13.2. The van der Waals surface area contributed by atoms with Crippen LogP contribution >= 0.6 is 0 Å². The summed E-state index contributed by atoms with van der Waals surface area (Å²) in [5.74, 6) is 0. The van der Waals surface area contributed by atoms with Crippen LogP contribution in [0.2, 0.25) is 0 Å². The molecule has 0 amide bonds. The molecule has 3 nitrogen and oxygen atoms in total. The van der Waals surface area contributed by atoms with Crippen molar-refractivity contribution in [3.8, 4) is 0 Å². The average Bonchev–Trinajstić information content (AvgIpc) is 2.27. The number of rotatable bonds is 3. The van der Waals surface area contributed by atoms with Crippen LogP contribution in [0.15, 0.2) is 42.5 Å². The van der Waals surface area contributed by atoms with Gasteiger partial charge in [0.05, 0.1) is 6.42 Å². The second-order valence-electron chi connectivity index (χ2n) is 3.97. The van der Waals surface area contributed by atoms with E-state index in [1.165, 1.54) is 12.1 Å². The molecule has 96 valence electrons. The Bertz CT molecular complexity index is 681. The molecule has 2 aromatic carbocycles. The van der Waals surface area contributed by atoms with Crippen molar-refractivity contribution in [3.05, 3.63) is 48.0 Å². The Morgan fingerprint density at radius 3 is 2.28 bits per heavy atom. The maximum Gasteiger partial charge on any atom is 0.373 e. The first-order valence-electron chi connectivity index (χ1n) is 5.12. The van der Waals surface area contributed by atoms with Crippen molar-refractivity contribution in [2.75, 3.05) is 0 Å².